The van der Waals surface area contributed by atoms with Gasteiger partial charge in [-0.1, -0.05) is 12.1 Å². The molecule has 1 saturated heterocycles. The van der Waals surface area contributed by atoms with Crippen LogP contribution in [0.3, 0.4) is 0 Å². The van der Waals surface area contributed by atoms with Crippen molar-refractivity contribution in [2.45, 2.75) is 51.7 Å². The number of ether oxygens (including phenoxy) is 2. The summed E-state index contributed by atoms with van der Waals surface area (Å²) >= 11 is 0. The smallest absolute Gasteiger partial charge is 0.261 e. The number of nitrogens with one attached hydrogen (secondary N) is 1. The van der Waals surface area contributed by atoms with Crippen LogP contribution >= 0.6 is 0 Å². The molecule has 1 aromatic carbocycles. The third kappa shape index (κ3) is 4.44. The summed E-state index contributed by atoms with van der Waals surface area (Å²) in [6, 6.07) is 7.41. The fourth-order valence-corrected chi connectivity index (χ4v) is 4.37. The van der Waals surface area contributed by atoms with Gasteiger partial charge in [-0.15, -0.1) is 0 Å². The van der Waals surface area contributed by atoms with Gasteiger partial charge in [-0.2, -0.15) is 0 Å². The number of likely N-dealkylation sites (tertiary alicyclic amines) is 1. The highest BCUT2D eigenvalue weighted by atomic mass is 16.5. The van der Waals surface area contributed by atoms with Crippen LogP contribution in [-0.2, 0) is 17.8 Å². The van der Waals surface area contributed by atoms with Crippen LogP contribution in [0.15, 0.2) is 29.1 Å². The molecule has 8 nitrogen and oxygen atoms in total. The molecule has 0 unspecified atom stereocenters. The number of amides is 1. The van der Waals surface area contributed by atoms with E-state index < -0.39 is 0 Å². The second kappa shape index (κ2) is 9.09. The maximum Gasteiger partial charge on any atom is 0.261 e. The summed E-state index contributed by atoms with van der Waals surface area (Å²) in [7, 11) is 1.57. The molecule has 0 aliphatic carbocycles. The van der Waals surface area contributed by atoms with E-state index in [1.54, 1.807) is 24.1 Å². The summed E-state index contributed by atoms with van der Waals surface area (Å²) in [6.45, 7) is 6.32. The highest BCUT2D eigenvalue weighted by Gasteiger charge is 2.33. The van der Waals surface area contributed by atoms with Gasteiger partial charge in [0.05, 0.1) is 24.4 Å². The fraction of sp³-hybridized carbons (Fsp3) is 0.522. The van der Waals surface area contributed by atoms with E-state index in [9.17, 15) is 9.59 Å². The SMILES string of the molecule is COc1ccccc1OCC(=O)N1CCC[C@@H]1c1nc2c(c(=O)[nH]1)CN(C(C)C)CC2. The fourth-order valence-electron chi connectivity index (χ4n) is 4.37. The van der Waals surface area contributed by atoms with Gasteiger partial charge in [0, 0.05) is 32.1 Å². The summed E-state index contributed by atoms with van der Waals surface area (Å²) in [5.74, 6) is 1.58. The molecule has 1 amide bonds. The van der Waals surface area contributed by atoms with Gasteiger partial charge in [0.2, 0.25) is 0 Å². The van der Waals surface area contributed by atoms with E-state index in [1.165, 1.54) is 0 Å². The minimum absolute atomic E-state index is 0.0879. The number of aromatic amines is 1. The van der Waals surface area contributed by atoms with Gasteiger partial charge in [0.15, 0.2) is 18.1 Å². The Bertz CT molecular complexity index is 1000. The van der Waals surface area contributed by atoms with Gasteiger partial charge in [0.1, 0.15) is 5.82 Å². The van der Waals surface area contributed by atoms with Crippen molar-refractivity contribution in [3.63, 3.8) is 0 Å². The predicted octanol–water partition coefficient (Wildman–Crippen LogP) is 2.29. The quantitative estimate of drug-likeness (QED) is 0.763. The van der Waals surface area contributed by atoms with Crippen LogP contribution in [0.1, 0.15) is 49.8 Å². The summed E-state index contributed by atoms with van der Waals surface area (Å²) in [5.41, 5.74) is 1.52. The average Bonchev–Trinajstić information content (AvgIpc) is 3.27. The Balaban J connectivity index is 1.49. The number of benzene rings is 1. The van der Waals surface area contributed by atoms with Crippen molar-refractivity contribution >= 4 is 5.91 Å². The van der Waals surface area contributed by atoms with Gasteiger partial charge in [-0.05, 0) is 38.8 Å². The number of hydrogen-bond acceptors (Lipinski definition) is 6. The van der Waals surface area contributed by atoms with E-state index in [2.05, 4.69) is 23.7 Å². The molecule has 3 heterocycles. The molecule has 0 saturated carbocycles. The van der Waals surface area contributed by atoms with Gasteiger partial charge >= 0.3 is 0 Å². The highest BCUT2D eigenvalue weighted by molar-refractivity contribution is 5.78. The minimum atomic E-state index is -0.227. The molecule has 1 atom stereocenters. The largest absolute Gasteiger partial charge is 0.493 e. The highest BCUT2D eigenvalue weighted by Crippen LogP contribution is 2.31. The second-order valence-corrected chi connectivity index (χ2v) is 8.38. The van der Waals surface area contributed by atoms with Gasteiger partial charge in [0.25, 0.3) is 11.5 Å². The number of carbonyl (C=O) groups is 1. The zero-order valence-electron chi connectivity index (χ0n) is 18.4. The average molecular weight is 427 g/mol. The first-order valence-corrected chi connectivity index (χ1v) is 10.9. The van der Waals surface area contributed by atoms with Gasteiger partial charge in [-0.25, -0.2) is 4.98 Å². The van der Waals surface area contributed by atoms with Crippen molar-refractivity contribution in [2.75, 3.05) is 26.8 Å². The van der Waals surface area contributed by atoms with Gasteiger partial charge < -0.3 is 19.4 Å². The Morgan fingerprint density at radius 2 is 2.03 bits per heavy atom. The first-order chi connectivity index (χ1) is 15.0. The van der Waals surface area contributed by atoms with E-state index in [0.717, 1.165) is 37.1 Å². The molecule has 2 aromatic rings. The molecular weight excluding hydrogens is 396 g/mol. The minimum Gasteiger partial charge on any atom is -0.493 e. The number of methoxy groups -OCH3 is 1. The van der Waals surface area contributed by atoms with Crippen molar-refractivity contribution in [1.29, 1.82) is 0 Å². The molecular formula is C23H30N4O4. The van der Waals surface area contributed by atoms with Crippen LogP contribution in [0.25, 0.3) is 0 Å². The number of H-pyrrole nitrogens is 1. The molecule has 0 radical (unpaired) electrons. The topological polar surface area (TPSA) is 87.8 Å². The lowest BCUT2D eigenvalue weighted by Gasteiger charge is -2.31. The number of carbonyl (C=O) groups excluding carboxylic acids is 1. The number of rotatable bonds is 6. The Morgan fingerprint density at radius 3 is 2.77 bits per heavy atom. The van der Waals surface area contributed by atoms with Crippen LogP contribution in [0.2, 0.25) is 0 Å². The lowest BCUT2D eigenvalue weighted by atomic mass is 10.0. The van der Waals surface area contributed by atoms with Crippen molar-refractivity contribution in [1.82, 2.24) is 19.8 Å². The van der Waals surface area contributed by atoms with Crippen LogP contribution in [0, 0.1) is 0 Å². The third-order valence-corrected chi connectivity index (χ3v) is 6.16. The zero-order chi connectivity index (χ0) is 22.0. The van der Waals surface area contributed by atoms with Crippen molar-refractivity contribution in [3.05, 3.63) is 51.7 Å². The molecule has 0 bridgehead atoms. The van der Waals surface area contributed by atoms with E-state index in [1.807, 2.05) is 12.1 Å². The summed E-state index contributed by atoms with van der Waals surface area (Å²) in [5, 5.41) is 0. The number of hydrogen-bond donors (Lipinski definition) is 1. The van der Waals surface area contributed by atoms with E-state index in [4.69, 9.17) is 14.5 Å². The first-order valence-electron chi connectivity index (χ1n) is 10.9. The van der Waals surface area contributed by atoms with Crippen LogP contribution < -0.4 is 15.0 Å². The summed E-state index contributed by atoms with van der Waals surface area (Å²) < 4.78 is 11.0. The monoisotopic (exact) mass is 426 g/mol. The lowest BCUT2D eigenvalue weighted by molar-refractivity contribution is -0.134. The number of fused-ring (bicyclic) bond motifs is 1. The summed E-state index contributed by atoms with van der Waals surface area (Å²) in [6.07, 6.45) is 2.40. The van der Waals surface area contributed by atoms with Crippen LogP contribution in [-0.4, -0.2) is 58.5 Å². The first kappa shape index (κ1) is 21.4. The Hall–Kier alpha value is -2.87. The van der Waals surface area contributed by atoms with Crippen LogP contribution in [0.5, 0.6) is 11.5 Å². The Kier molecular flexibility index (Phi) is 6.27. The zero-order valence-corrected chi connectivity index (χ0v) is 18.4. The molecule has 31 heavy (non-hydrogen) atoms. The van der Waals surface area contributed by atoms with Crippen molar-refractivity contribution in [3.8, 4) is 11.5 Å². The Labute approximate surface area is 182 Å². The molecule has 8 heteroatoms. The maximum atomic E-state index is 12.9. The molecule has 4 rings (SSSR count). The normalized spacial score (nSPS) is 18.8. The van der Waals surface area contributed by atoms with Crippen LogP contribution in [0.4, 0.5) is 0 Å². The third-order valence-electron chi connectivity index (χ3n) is 6.16. The number of aromatic nitrogens is 2. The lowest BCUT2D eigenvalue weighted by Crippen LogP contribution is -2.41. The van der Waals surface area contributed by atoms with Gasteiger partial charge in [-0.3, -0.25) is 14.5 Å². The summed E-state index contributed by atoms with van der Waals surface area (Å²) in [4.78, 5) is 37.5. The molecule has 2 aliphatic rings. The van der Waals surface area contributed by atoms with E-state index in [0.29, 0.717) is 36.5 Å². The molecule has 166 valence electrons. The van der Waals surface area contributed by atoms with E-state index in [-0.39, 0.29) is 24.1 Å². The molecule has 0 spiro atoms. The number of para-hydroxylation sites is 2. The van der Waals surface area contributed by atoms with E-state index >= 15 is 0 Å². The molecule has 2 aliphatic heterocycles. The molecule has 1 N–H and O–H groups in total. The number of nitrogens with zero attached hydrogens (tertiary/aromatic N) is 3. The second-order valence-electron chi connectivity index (χ2n) is 8.38. The Morgan fingerprint density at radius 1 is 1.26 bits per heavy atom. The standard InChI is InChI=1S/C23H30N4O4/c1-15(2)26-12-10-17-16(13-26)23(29)25-22(24-17)18-7-6-11-27(18)21(28)14-31-20-9-5-4-8-19(20)30-3/h4-5,8-9,15,18H,6-7,10-14H2,1-3H3,(H,24,25,29)/t18-/m1/s1. The molecule has 1 aromatic heterocycles. The predicted molar refractivity (Wildman–Crippen MR) is 116 cm³/mol. The van der Waals surface area contributed by atoms with Crippen molar-refractivity contribution in [2.24, 2.45) is 0 Å². The molecule has 1 fully saturated rings. The maximum absolute atomic E-state index is 12.9. The van der Waals surface area contributed by atoms with Crippen molar-refractivity contribution < 1.29 is 14.3 Å².